The van der Waals surface area contributed by atoms with Crippen molar-refractivity contribution in [3.05, 3.63) is 16.4 Å². The molecular weight excluding hydrogens is 270 g/mol. The molecule has 90 valence electrons. The fraction of sp³-hybridized carbons (Fsp3) is 0.727. The summed E-state index contributed by atoms with van der Waals surface area (Å²) in [5.74, 6) is 0. The lowest BCUT2D eigenvalue weighted by molar-refractivity contribution is 0.0145. The molecule has 2 N–H and O–H groups in total. The third-order valence-corrected chi connectivity index (χ3v) is 3.77. The van der Waals surface area contributed by atoms with E-state index in [-0.39, 0.29) is 0 Å². The number of aryl methyl sites for hydroxylation is 1. The van der Waals surface area contributed by atoms with E-state index in [0.29, 0.717) is 0 Å². The first-order valence-corrected chi connectivity index (χ1v) is 6.61. The van der Waals surface area contributed by atoms with Crippen molar-refractivity contribution in [2.24, 2.45) is 0 Å². The van der Waals surface area contributed by atoms with Gasteiger partial charge in [-0.1, -0.05) is 0 Å². The molecule has 0 spiro atoms. The van der Waals surface area contributed by atoms with Crippen molar-refractivity contribution < 1.29 is 5.11 Å². The number of hydrogen-bond donors (Lipinski definition) is 2. The van der Waals surface area contributed by atoms with Crippen LogP contribution in [0.2, 0.25) is 0 Å². The van der Waals surface area contributed by atoms with Crippen LogP contribution in [0.1, 0.15) is 31.9 Å². The predicted molar refractivity (Wildman–Crippen MR) is 66.2 cm³/mol. The fourth-order valence-corrected chi connectivity index (χ4v) is 3.02. The van der Waals surface area contributed by atoms with E-state index >= 15 is 0 Å². The van der Waals surface area contributed by atoms with Crippen molar-refractivity contribution in [2.75, 3.05) is 13.1 Å². The first kappa shape index (κ1) is 12.1. The highest BCUT2D eigenvalue weighted by Gasteiger charge is 2.35. The molecule has 2 heterocycles. The van der Waals surface area contributed by atoms with Crippen molar-refractivity contribution in [3.63, 3.8) is 0 Å². The molecule has 1 aromatic heterocycles. The van der Waals surface area contributed by atoms with Gasteiger partial charge in [-0.15, -0.1) is 0 Å². The Morgan fingerprint density at radius 3 is 3.12 bits per heavy atom. The number of rotatable bonds is 2. The van der Waals surface area contributed by atoms with Crippen LogP contribution in [-0.2, 0) is 12.1 Å². The monoisotopic (exact) mass is 287 g/mol. The molecule has 0 aromatic carbocycles. The maximum atomic E-state index is 10.8. The summed E-state index contributed by atoms with van der Waals surface area (Å²) < 4.78 is 2.80. The van der Waals surface area contributed by atoms with E-state index in [9.17, 15) is 5.11 Å². The minimum Gasteiger partial charge on any atom is -0.383 e. The van der Waals surface area contributed by atoms with Gasteiger partial charge in [0, 0.05) is 6.54 Å². The second kappa shape index (κ2) is 4.85. The zero-order valence-corrected chi connectivity index (χ0v) is 11.1. The summed E-state index contributed by atoms with van der Waals surface area (Å²) in [5.41, 5.74) is 0.188. The van der Waals surface area contributed by atoms with E-state index in [1.807, 2.05) is 11.6 Å². The van der Waals surface area contributed by atoms with Crippen molar-refractivity contribution in [1.29, 1.82) is 0 Å². The van der Waals surface area contributed by atoms with Gasteiger partial charge in [0.1, 0.15) is 5.60 Å². The van der Waals surface area contributed by atoms with Gasteiger partial charge in [-0.25, -0.2) is 0 Å². The zero-order chi connectivity index (χ0) is 11.6. The van der Waals surface area contributed by atoms with E-state index in [0.717, 1.165) is 49.1 Å². The van der Waals surface area contributed by atoms with Gasteiger partial charge in [-0.3, -0.25) is 4.68 Å². The molecule has 0 saturated carbocycles. The van der Waals surface area contributed by atoms with E-state index in [1.165, 1.54) is 0 Å². The van der Waals surface area contributed by atoms with E-state index < -0.39 is 5.60 Å². The molecule has 2 rings (SSSR count). The summed E-state index contributed by atoms with van der Waals surface area (Å²) in [6, 6.07) is 0. The Balaban J connectivity index is 2.35. The van der Waals surface area contributed by atoms with E-state index in [2.05, 4.69) is 26.3 Å². The van der Waals surface area contributed by atoms with Gasteiger partial charge in [0.05, 0.1) is 16.4 Å². The molecule has 1 aliphatic rings. The molecule has 1 fully saturated rings. The molecule has 1 saturated heterocycles. The fourth-order valence-electron chi connectivity index (χ4n) is 2.35. The van der Waals surface area contributed by atoms with Crippen LogP contribution in [0.3, 0.4) is 0 Å². The Bertz CT molecular complexity index is 356. The summed E-state index contributed by atoms with van der Waals surface area (Å²) in [5, 5.41) is 18.4. The zero-order valence-electron chi connectivity index (χ0n) is 9.54. The van der Waals surface area contributed by atoms with Gasteiger partial charge >= 0.3 is 0 Å². The normalized spacial score (nSPS) is 26.7. The predicted octanol–water partition coefficient (Wildman–Crippen LogP) is 1.63. The standard InChI is InChI=1S/C11H18BrN3O/c1-2-15-10(9(12)8-14-15)11(16)4-3-6-13-7-5-11/h8,13,16H,2-7H2,1H3. The van der Waals surface area contributed by atoms with Crippen molar-refractivity contribution in [1.82, 2.24) is 15.1 Å². The van der Waals surface area contributed by atoms with Gasteiger partial charge in [0.25, 0.3) is 0 Å². The van der Waals surface area contributed by atoms with Crippen molar-refractivity contribution in [3.8, 4) is 0 Å². The summed E-state index contributed by atoms with van der Waals surface area (Å²) in [6.45, 7) is 4.68. The van der Waals surface area contributed by atoms with Crippen LogP contribution in [-0.4, -0.2) is 28.0 Å². The van der Waals surface area contributed by atoms with Crippen LogP contribution in [0.5, 0.6) is 0 Å². The molecule has 0 aliphatic carbocycles. The van der Waals surface area contributed by atoms with Crippen LogP contribution in [0, 0.1) is 0 Å². The van der Waals surface area contributed by atoms with Gasteiger partial charge < -0.3 is 10.4 Å². The number of nitrogens with one attached hydrogen (secondary N) is 1. The second-order valence-electron chi connectivity index (χ2n) is 4.29. The Hall–Kier alpha value is -0.390. The summed E-state index contributed by atoms with van der Waals surface area (Å²) in [7, 11) is 0. The van der Waals surface area contributed by atoms with Crippen LogP contribution in [0.15, 0.2) is 10.7 Å². The molecule has 1 unspecified atom stereocenters. The highest BCUT2D eigenvalue weighted by Crippen LogP contribution is 2.35. The Morgan fingerprint density at radius 1 is 1.56 bits per heavy atom. The highest BCUT2D eigenvalue weighted by molar-refractivity contribution is 9.10. The van der Waals surface area contributed by atoms with Crippen LogP contribution < -0.4 is 5.32 Å². The van der Waals surface area contributed by atoms with Crippen molar-refractivity contribution in [2.45, 2.75) is 38.3 Å². The summed E-state index contributed by atoms with van der Waals surface area (Å²) in [6.07, 6.45) is 4.31. The van der Waals surface area contributed by atoms with E-state index in [4.69, 9.17) is 0 Å². The number of nitrogens with zero attached hydrogens (tertiary/aromatic N) is 2. The lowest BCUT2D eigenvalue weighted by Gasteiger charge is -2.27. The van der Waals surface area contributed by atoms with Gasteiger partial charge in [-0.2, -0.15) is 5.10 Å². The smallest absolute Gasteiger partial charge is 0.109 e. The lowest BCUT2D eigenvalue weighted by Crippen LogP contribution is -2.30. The number of aromatic nitrogens is 2. The third kappa shape index (κ3) is 2.17. The molecule has 4 nitrogen and oxygen atoms in total. The molecule has 1 aliphatic heterocycles. The highest BCUT2D eigenvalue weighted by atomic mass is 79.9. The molecule has 0 radical (unpaired) electrons. The number of aliphatic hydroxyl groups is 1. The number of halogens is 1. The third-order valence-electron chi connectivity index (χ3n) is 3.19. The Labute approximate surface area is 104 Å². The SMILES string of the molecule is CCn1ncc(Br)c1C1(O)CCCNCC1. The largest absolute Gasteiger partial charge is 0.383 e. The first-order valence-electron chi connectivity index (χ1n) is 5.82. The molecule has 0 amide bonds. The van der Waals surface area contributed by atoms with Gasteiger partial charge in [0.15, 0.2) is 0 Å². The maximum absolute atomic E-state index is 10.8. The topological polar surface area (TPSA) is 50.1 Å². The first-order chi connectivity index (χ1) is 7.67. The number of hydrogen-bond acceptors (Lipinski definition) is 3. The summed E-state index contributed by atoms with van der Waals surface area (Å²) >= 11 is 3.49. The van der Waals surface area contributed by atoms with Crippen LogP contribution >= 0.6 is 15.9 Å². The maximum Gasteiger partial charge on any atom is 0.109 e. The molecule has 1 aromatic rings. The van der Waals surface area contributed by atoms with Gasteiger partial charge in [0.2, 0.25) is 0 Å². The summed E-state index contributed by atoms with van der Waals surface area (Å²) in [4.78, 5) is 0. The van der Waals surface area contributed by atoms with Crippen molar-refractivity contribution >= 4 is 15.9 Å². The second-order valence-corrected chi connectivity index (χ2v) is 5.15. The molecule has 0 bridgehead atoms. The minimum atomic E-state index is -0.741. The molecule has 1 atom stereocenters. The van der Waals surface area contributed by atoms with E-state index in [1.54, 1.807) is 6.20 Å². The quantitative estimate of drug-likeness (QED) is 0.869. The average molecular weight is 288 g/mol. The van der Waals surface area contributed by atoms with Crippen LogP contribution in [0.25, 0.3) is 0 Å². The average Bonchev–Trinajstić information content (AvgIpc) is 2.51. The molecule has 5 heteroatoms. The Kier molecular flexibility index (Phi) is 3.66. The minimum absolute atomic E-state index is 0.741. The van der Waals surface area contributed by atoms with Gasteiger partial charge in [-0.05, 0) is 55.2 Å². The van der Waals surface area contributed by atoms with Crippen LogP contribution in [0.4, 0.5) is 0 Å². The Morgan fingerprint density at radius 2 is 2.38 bits per heavy atom. The lowest BCUT2D eigenvalue weighted by atomic mass is 9.91. The molecular formula is C11H18BrN3O. The molecule has 16 heavy (non-hydrogen) atoms.